The van der Waals surface area contributed by atoms with Crippen molar-refractivity contribution in [2.24, 2.45) is 5.41 Å². The Balaban J connectivity index is 1.63. The Morgan fingerprint density at radius 2 is 2.04 bits per heavy atom. The van der Waals surface area contributed by atoms with E-state index < -0.39 is 6.09 Å². The molecular weight excluding hydrogens is 322 g/mol. The molecule has 0 bridgehead atoms. The number of piperidine rings is 1. The van der Waals surface area contributed by atoms with E-state index in [-0.39, 0.29) is 16.7 Å². The maximum absolute atomic E-state index is 12.5. The number of hydrogen-bond donors (Lipinski definition) is 2. The molecule has 1 amide bonds. The van der Waals surface area contributed by atoms with Crippen LogP contribution in [-0.4, -0.2) is 43.8 Å². The van der Waals surface area contributed by atoms with E-state index in [1.54, 1.807) is 17.0 Å². The maximum Gasteiger partial charge on any atom is 0.407 e. The van der Waals surface area contributed by atoms with Crippen molar-refractivity contribution in [1.29, 1.82) is 0 Å². The number of fused-ring (bicyclic) bond motifs is 1. The Morgan fingerprint density at radius 3 is 2.72 bits per heavy atom. The first-order chi connectivity index (χ1) is 11.9. The summed E-state index contributed by atoms with van der Waals surface area (Å²) in [5, 5.41) is 19.0. The van der Waals surface area contributed by atoms with Gasteiger partial charge in [-0.3, -0.25) is 9.36 Å². The van der Waals surface area contributed by atoms with Crippen molar-refractivity contribution in [1.82, 2.24) is 14.5 Å². The fourth-order valence-corrected chi connectivity index (χ4v) is 3.47. The van der Waals surface area contributed by atoms with Gasteiger partial charge in [-0.2, -0.15) is 0 Å². The molecule has 0 radical (unpaired) electrons. The molecule has 0 unspecified atom stereocenters. The van der Waals surface area contributed by atoms with Crippen molar-refractivity contribution in [3.63, 3.8) is 0 Å². The monoisotopic (exact) mass is 345 g/mol. The Kier molecular flexibility index (Phi) is 4.65. The van der Waals surface area contributed by atoms with Crippen LogP contribution < -0.4 is 5.56 Å². The van der Waals surface area contributed by atoms with Crippen molar-refractivity contribution in [2.75, 3.05) is 13.1 Å². The summed E-state index contributed by atoms with van der Waals surface area (Å²) < 4.78 is 1.58. The van der Waals surface area contributed by atoms with E-state index in [1.807, 2.05) is 0 Å². The normalized spacial score (nSPS) is 16.9. The van der Waals surface area contributed by atoms with Crippen LogP contribution in [-0.2, 0) is 6.54 Å². The molecule has 1 aromatic heterocycles. The molecule has 2 N–H and O–H groups in total. The second kappa shape index (κ2) is 6.74. The lowest BCUT2D eigenvalue weighted by Gasteiger charge is -2.38. The third kappa shape index (κ3) is 3.75. The molecule has 1 aliphatic rings. The molecule has 0 saturated carbocycles. The van der Waals surface area contributed by atoms with Crippen LogP contribution in [0, 0.1) is 5.41 Å². The van der Waals surface area contributed by atoms with E-state index in [2.05, 4.69) is 11.9 Å². The quantitative estimate of drug-likeness (QED) is 0.888. The van der Waals surface area contributed by atoms with E-state index in [0.29, 0.717) is 30.5 Å². The standard InChI is InChI=1S/C18H23N3O4/c1-18(6-9-20(10-7-18)17(24)25)5-2-8-21-12-19-15-4-3-13(22)11-14(15)16(21)23/h3-4,11-12,22H,2,5-10H2,1H3,(H,24,25). The van der Waals surface area contributed by atoms with Gasteiger partial charge in [0.1, 0.15) is 5.75 Å². The molecule has 7 nitrogen and oxygen atoms in total. The van der Waals surface area contributed by atoms with Crippen LogP contribution in [0.25, 0.3) is 10.9 Å². The largest absolute Gasteiger partial charge is 0.508 e. The lowest BCUT2D eigenvalue weighted by atomic mass is 9.77. The van der Waals surface area contributed by atoms with E-state index in [0.717, 1.165) is 25.7 Å². The van der Waals surface area contributed by atoms with Gasteiger partial charge in [-0.1, -0.05) is 6.92 Å². The predicted molar refractivity (Wildman–Crippen MR) is 93.8 cm³/mol. The zero-order chi connectivity index (χ0) is 18.0. The Labute approximate surface area is 145 Å². The van der Waals surface area contributed by atoms with E-state index >= 15 is 0 Å². The average molecular weight is 345 g/mol. The molecule has 2 aromatic rings. The number of amides is 1. The zero-order valence-corrected chi connectivity index (χ0v) is 14.3. The first-order valence-electron chi connectivity index (χ1n) is 8.54. The van der Waals surface area contributed by atoms with Crippen molar-refractivity contribution in [3.8, 4) is 5.75 Å². The van der Waals surface area contributed by atoms with Gasteiger partial charge in [0.2, 0.25) is 0 Å². The molecule has 1 aliphatic heterocycles. The minimum atomic E-state index is -0.848. The first kappa shape index (κ1) is 17.3. The number of phenols is 1. The molecular formula is C18H23N3O4. The summed E-state index contributed by atoms with van der Waals surface area (Å²) in [6.45, 7) is 3.90. The number of phenolic OH excluding ortho intramolecular Hbond substituents is 1. The van der Waals surface area contributed by atoms with Crippen LogP contribution in [0.1, 0.15) is 32.6 Å². The van der Waals surface area contributed by atoms with Crippen molar-refractivity contribution >= 4 is 17.0 Å². The number of rotatable bonds is 4. The number of benzene rings is 1. The van der Waals surface area contributed by atoms with Gasteiger partial charge in [0.15, 0.2) is 0 Å². The Bertz CT molecular complexity index is 838. The molecule has 0 spiro atoms. The number of aryl methyl sites for hydroxylation is 1. The lowest BCUT2D eigenvalue weighted by Crippen LogP contribution is -2.41. The average Bonchev–Trinajstić information content (AvgIpc) is 2.58. The number of nitrogens with zero attached hydrogens (tertiary/aromatic N) is 3. The molecule has 0 atom stereocenters. The molecule has 2 heterocycles. The van der Waals surface area contributed by atoms with Gasteiger partial charge in [-0.05, 0) is 49.3 Å². The highest BCUT2D eigenvalue weighted by Gasteiger charge is 2.31. The first-order valence-corrected chi connectivity index (χ1v) is 8.54. The molecule has 1 saturated heterocycles. The third-order valence-corrected chi connectivity index (χ3v) is 5.23. The number of likely N-dealkylation sites (tertiary alicyclic amines) is 1. The van der Waals surface area contributed by atoms with Crippen LogP contribution >= 0.6 is 0 Å². The second-order valence-electron chi connectivity index (χ2n) is 7.13. The van der Waals surface area contributed by atoms with Gasteiger partial charge < -0.3 is 15.1 Å². The van der Waals surface area contributed by atoms with Gasteiger partial charge in [-0.15, -0.1) is 0 Å². The lowest BCUT2D eigenvalue weighted by molar-refractivity contribution is 0.0915. The summed E-state index contributed by atoms with van der Waals surface area (Å²) in [7, 11) is 0. The van der Waals surface area contributed by atoms with E-state index in [9.17, 15) is 14.7 Å². The number of carboxylic acid groups (broad SMARTS) is 1. The number of aromatic nitrogens is 2. The SMILES string of the molecule is CC1(CCCn2cnc3ccc(O)cc3c2=O)CCN(C(=O)O)CC1. The van der Waals surface area contributed by atoms with E-state index in [1.165, 1.54) is 17.0 Å². The summed E-state index contributed by atoms with van der Waals surface area (Å²) in [5.41, 5.74) is 0.539. The van der Waals surface area contributed by atoms with Crippen LogP contribution in [0.2, 0.25) is 0 Å². The summed E-state index contributed by atoms with van der Waals surface area (Å²) in [5.74, 6) is 0.0573. The third-order valence-electron chi connectivity index (χ3n) is 5.23. The predicted octanol–water partition coefficient (Wildman–Crippen LogP) is 2.66. The van der Waals surface area contributed by atoms with Crippen LogP contribution in [0.3, 0.4) is 0 Å². The van der Waals surface area contributed by atoms with Crippen LogP contribution in [0.5, 0.6) is 5.75 Å². The van der Waals surface area contributed by atoms with Gasteiger partial charge >= 0.3 is 6.09 Å². The maximum atomic E-state index is 12.5. The molecule has 25 heavy (non-hydrogen) atoms. The molecule has 1 fully saturated rings. The summed E-state index contributed by atoms with van der Waals surface area (Å²) in [6.07, 6.45) is 4.16. The van der Waals surface area contributed by atoms with Crippen molar-refractivity contribution in [2.45, 2.75) is 39.2 Å². The smallest absolute Gasteiger partial charge is 0.407 e. The fourth-order valence-electron chi connectivity index (χ4n) is 3.47. The Morgan fingerprint density at radius 1 is 1.32 bits per heavy atom. The zero-order valence-electron chi connectivity index (χ0n) is 14.3. The highest BCUT2D eigenvalue weighted by molar-refractivity contribution is 5.78. The van der Waals surface area contributed by atoms with Gasteiger partial charge in [-0.25, -0.2) is 9.78 Å². The number of carbonyl (C=O) groups is 1. The number of aromatic hydroxyl groups is 1. The minimum Gasteiger partial charge on any atom is -0.508 e. The molecule has 1 aromatic carbocycles. The molecule has 7 heteroatoms. The highest BCUT2D eigenvalue weighted by atomic mass is 16.4. The molecule has 3 rings (SSSR count). The fraction of sp³-hybridized carbons (Fsp3) is 0.500. The Hall–Kier alpha value is -2.57. The topological polar surface area (TPSA) is 95.7 Å². The summed E-state index contributed by atoms with van der Waals surface area (Å²) in [6, 6.07) is 4.60. The van der Waals surface area contributed by atoms with E-state index in [4.69, 9.17) is 5.11 Å². The van der Waals surface area contributed by atoms with Crippen molar-refractivity contribution in [3.05, 3.63) is 34.9 Å². The van der Waals surface area contributed by atoms with Gasteiger partial charge in [0.25, 0.3) is 5.56 Å². The summed E-state index contributed by atoms with van der Waals surface area (Å²) in [4.78, 5) is 29.2. The number of hydrogen-bond acceptors (Lipinski definition) is 4. The second-order valence-corrected chi connectivity index (χ2v) is 7.13. The van der Waals surface area contributed by atoms with Crippen molar-refractivity contribution < 1.29 is 15.0 Å². The summed E-state index contributed by atoms with van der Waals surface area (Å²) >= 11 is 0. The highest BCUT2D eigenvalue weighted by Crippen LogP contribution is 2.35. The van der Waals surface area contributed by atoms with Gasteiger partial charge in [0, 0.05) is 19.6 Å². The van der Waals surface area contributed by atoms with Crippen LogP contribution in [0.15, 0.2) is 29.3 Å². The molecule has 0 aliphatic carbocycles. The molecule has 134 valence electrons. The minimum absolute atomic E-state index is 0.0573. The van der Waals surface area contributed by atoms with Crippen LogP contribution in [0.4, 0.5) is 4.79 Å². The van der Waals surface area contributed by atoms with Gasteiger partial charge in [0.05, 0.1) is 17.2 Å².